The van der Waals surface area contributed by atoms with E-state index in [-0.39, 0.29) is 16.7 Å². The molecule has 1 aliphatic rings. The number of amides is 1. The molecular formula is C16H22N2O4S. The molecule has 0 unspecified atom stereocenters. The molecule has 0 spiro atoms. The first kappa shape index (κ1) is 17.5. The van der Waals surface area contributed by atoms with Gasteiger partial charge in [-0.1, -0.05) is 6.08 Å². The monoisotopic (exact) mass is 338 g/mol. The number of carbonyl (C=O) groups excluding carboxylic acids is 1. The molecule has 1 N–H and O–H groups in total. The third-order valence-corrected chi connectivity index (χ3v) is 5.86. The molecule has 1 aromatic carbocycles. The van der Waals surface area contributed by atoms with Gasteiger partial charge < -0.3 is 10.1 Å². The normalized spacial score (nSPS) is 16.7. The van der Waals surface area contributed by atoms with E-state index in [4.69, 9.17) is 4.74 Å². The summed E-state index contributed by atoms with van der Waals surface area (Å²) < 4.78 is 31.7. The number of carbonyl (C=O) groups is 1. The molecule has 1 fully saturated rings. The zero-order valence-electron chi connectivity index (χ0n) is 13.2. The number of hydrogen-bond acceptors (Lipinski definition) is 4. The van der Waals surface area contributed by atoms with Crippen molar-refractivity contribution in [3.05, 3.63) is 36.9 Å². The third kappa shape index (κ3) is 4.11. The molecule has 0 aliphatic carbocycles. The number of sulfonamides is 1. The molecule has 0 aromatic heterocycles. The van der Waals surface area contributed by atoms with Crippen LogP contribution in [0.3, 0.4) is 0 Å². The van der Waals surface area contributed by atoms with Gasteiger partial charge in [0.25, 0.3) is 0 Å². The van der Waals surface area contributed by atoms with E-state index in [1.54, 1.807) is 18.2 Å². The maximum Gasteiger partial charge on any atom is 0.243 e. The summed E-state index contributed by atoms with van der Waals surface area (Å²) >= 11 is 0. The Morgan fingerprint density at radius 3 is 2.48 bits per heavy atom. The van der Waals surface area contributed by atoms with Crippen molar-refractivity contribution in [2.45, 2.75) is 17.7 Å². The van der Waals surface area contributed by atoms with Crippen molar-refractivity contribution in [3.8, 4) is 5.75 Å². The fraction of sp³-hybridized carbons (Fsp3) is 0.438. The second kappa shape index (κ2) is 7.61. The molecule has 0 atom stereocenters. The van der Waals surface area contributed by atoms with Gasteiger partial charge in [-0.15, -0.1) is 6.58 Å². The molecule has 1 aliphatic heterocycles. The van der Waals surface area contributed by atoms with Crippen molar-refractivity contribution in [1.29, 1.82) is 0 Å². The topological polar surface area (TPSA) is 75.7 Å². The van der Waals surface area contributed by atoms with Crippen LogP contribution in [0.5, 0.6) is 5.75 Å². The van der Waals surface area contributed by atoms with Gasteiger partial charge in [-0.05, 0) is 37.1 Å². The lowest BCUT2D eigenvalue weighted by molar-refractivity contribution is -0.125. The van der Waals surface area contributed by atoms with E-state index < -0.39 is 10.0 Å². The molecule has 0 radical (unpaired) electrons. The molecule has 1 aromatic rings. The minimum Gasteiger partial charge on any atom is -0.497 e. The van der Waals surface area contributed by atoms with E-state index in [0.717, 1.165) is 0 Å². The standard InChI is InChI=1S/C16H22N2O4S/c1-3-10-17-16(19)13-8-11-18(12-9-13)23(20,21)15-6-4-14(22-2)5-7-15/h3-7,13H,1,8-12H2,2H3,(H,17,19). The van der Waals surface area contributed by atoms with Gasteiger partial charge in [0.2, 0.25) is 15.9 Å². The predicted molar refractivity (Wildman–Crippen MR) is 87.7 cm³/mol. The molecule has 2 rings (SSSR count). The molecule has 0 bridgehead atoms. The van der Waals surface area contributed by atoms with Gasteiger partial charge in [0.05, 0.1) is 12.0 Å². The smallest absolute Gasteiger partial charge is 0.243 e. The van der Waals surface area contributed by atoms with E-state index in [1.165, 1.54) is 23.5 Å². The summed E-state index contributed by atoms with van der Waals surface area (Å²) in [6.07, 6.45) is 2.68. The second-order valence-corrected chi connectivity index (χ2v) is 7.33. The Balaban J connectivity index is 2.00. The second-order valence-electron chi connectivity index (χ2n) is 5.39. The maximum absolute atomic E-state index is 12.6. The molecule has 23 heavy (non-hydrogen) atoms. The first-order chi connectivity index (χ1) is 11.0. The van der Waals surface area contributed by atoms with Gasteiger partial charge in [-0.3, -0.25) is 4.79 Å². The lowest BCUT2D eigenvalue weighted by atomic mass is 9.97. The highest BCUT2D eigenvalue weighted by molar-refractivity contribution is 7.89. The Bertz CT molecular complexity index is 647. The number of piperidine rings is 1. The van der Waals surface area contributed by atoms with Crippen LogP contribution < -0.4 is 10.1 Å². The number of ether oxygens (including phenoxy) is 1. The fourth-order valence-electron chi connectivity index (χ4n) is 2.57. The minimum atomic E-state index is -3.52. The van der Waals surface area contributed by atoms with Crippen LogP contribution in [-0.4, -0.2) is 45.4 Å². The Kier molecular flexibility index (Phi) is 5.79. The van der Waals surface area contributed by atoms with E-state index in [9.17, 15) is 13.2 Å². The molecule has 1 amide bonds. The van der Waals surface area contributed by atoms with Crippen LogP contribution in [0, 0.1) is 5.92 Å². The third-order valence-electron chi connectivity index (χ3n) is 3.94. The van der Waals surface area contributed by atoms with E-state index in [0.29, 0.717) is 38.2 Å². The first-order valence-corrected chi connectivity index (χ1v) is 8.96. The van der Waals surface area contributed by atoms with Crippen molar-refractivity contribution >= 4 is 15.9 Å². The lowest BCUT2D eigenvalue weighted by Crippen LogP contribution is -2.43. The van der Waals surface area contributed by atoms with E-state index >= 15 is 0 Å². The SMILES string of the molecule is C=CCNC(=O)C1CCN(S(=O)(=O)c2ccc(OC)cc2)CC1. The van der Waals surface area contributed by atoms with Crippen LogP contribution in [0.2, 0.25) is 0 Å². The van der Waals surface area contributed by atoms with Crippen molar-refractivity contribution in [1.82, 2.24) is 9.62 Å². The van der Waals surface area contributed by atoms with Crippen molar-refractivity contribution in [3.63, 3.8) is 0 Å². The number of nitrogens with one attached hydrogen (secondary N) is 1. The van der Waals surface area contributed by atoms with E-state index in [1.807, 2.05) is 0 Å². The molecule has 1 heterocycles. The molecule has 0 saturated carbocycles. The maximum atomic E-state index is 12.6. The summed E-state index contributed by atoms with van der Waals surface area (Å²) in [7, 11) is -1.99. The highest BCUT2D eigenvalue weighted by Crippen LogP contribution is 2.25. The summed E-state index contributed by atoms with van der Waals surface area (Å²) in [4.78, 5) is 12.2. The quantitative estimate of drug-likeness (QED) is 0.796. The van der Waals surface area contributed by atoms with Gasteiger partial charge in [0.15, 0.2) is 0 Å². The van der Waals surface area contributed by atoms with Crippen molar-refractivity contribution < 1.29 is 17.9 Å². The zero-order chi connectivity index (χ0) is 16.9. The van der Waals surface area contributed by atoms with Gasteiger partial charge in [0, 0.05) is 25.6 Å². The number of hydrogen-bond donors (Lipinski definition) is 1. The van der Waals surface area contributed by atoms with Crippen molar-refractivity contribution in [2.75, 3.05) is 26.7 Å². The van der Waals surface area contributed by atoms with Gasteiger partial charge in [-0.25, -0.2) is 8.42 Å². The largest absolute Gasteiger partial charge is 0.497 e. The number of nitrogens with zero attached hydrogens (tertiary/aromatic N) is 1. The highest BCUT2D eigenvalue weighted by Gasteiger charge is 2.31. The molecule has 6 nitrogen and oxygen atoms in total. The van der Waals surface area contributed by atoms with Crippen LogP contribution in [0.1, 0.15) is 12.8 Å². The Morgan fingerprint density at radius 2 is 1.96 bits per heavy atom. The first-order valence-electron chi connectivity index (χ1n) is 7.52. The highest BCUT2D eigenvalue weighted by atomic mass is 32.2. The van der Waals surface area contributed by atoms with Crippen LogP contribution in [0.25, 0.3) is 0 Å². The van der Waals surface area contributed by atoms with Crippen LogP contribution in [-0.2, 0) is 14.8 Å². The lowest BCUT2D eigenvalue weighted by Gasteiger charge is -2.30. The molecule has 7 heteroatoms. The summed E-state index contributed by atoms with van der Waals surface area (Å²) in [6, 6.07) is 6.33. The van der Waals surface area contributed by atoms with Gasteiger partial charge >= 0.3 is 0 Å². The molecular weight excluding hydrogens is 316 g/mol. The summed E-state index contributed by atoms with van der Waals surface area (Å²) in [5, 5.41) is 2.76. The van der Waals surface area contributed by atoms with Gasteiger partial charge in [0.1, 0.15) is 5.75 Å². The molecule has 126 valence electrons. The van der Waals surface area contributed by atoms with Gasteiger partial charge in [-0.2, -0.15) is 4.31 Å². The van der Waals surface area contributed by atoms with Crippen LogP contribution in [0.15, 0.2) is 41.8 Å². The number of rotatable bonds is 6. The van der Waals surface area contributed by atoms with Crippen LogP contribution in [0.4, 0.5) is 0 Å². The van der Waals surface area contributed by atoms with Crippen molar-refractivity contribution in [2.24, 2.45) is 5.92 Å². The zero-order valence-corrected chi connectivity index (χ0v) is 14.0. The summed E-state index contributed by atoms with van der Waals surface area (Å²) in [5.41, 5.74) is 0. The summed E-state index contributed by atoms with van der Waals surface area (Å²) in [5.74, 6) is 0.435. The minimum absolute atomic E-state index is 0.0357. The Morgan fingerprint density at radius 1 is 1.35 bits per heavy atom. The van der Waals surface area contributed by atoms with Crippen LogP contribution >= 0.6 is 0 Å². The molecule has 1 saturated heterocycles. The Hall–Kier alpha value is -1.86. The number of benzene rings is 1. The average Bonchev–Trinajstić information content (AvgIpc) is 2.59. The average molecular weight is 338 g/mol. The fourth-order valence-corrected chi connectivity index (χ4v) is 4.04. The summed E-state index contributed by atoms with van der Waals surface area (Å²) in [6.45, 7) is 4.69. The predicted octanol–water partition coefficient (Wildman–Crippen LogP) is 1.40. The number of methoxy groups -OCH3 is 1. The Labute approximate surface area is 137 Å². The van der Waals surface area contributed by atoms with E-state index in [2.05, 4.69) is 11.9 Å².